The zero-order valence-corrected chi connectivity index (χ0v) is 34.5. The molecule has 0 heterocycles. The summed E-state index contributed by atoms with van der Waals surface area (Å²) in [5.74, 6) is -0.143. The maximum absolute atomic E-state index is 12.3. The summed E-state index contributed by atoms with van der Waals surface area (Å²) < 4.78 is 5.42. The molecule has 306 valence electrons. The first-order valence-corrected chi connectivity index (χ1v) is 22.6. The first kappa shape index (κ1) is 50.3. The summed E-state index contributed by atoms with van der Waals surface area (Å²) in [5.41, 5.74) is 0. The number of aliphatic hydroxyl groups excluding tert-OH is 2. The second-order valence-corrected chi connectivity index (χ2v) is 15.4. The number of hydrogen-bond acceptors (Lipinski definition) is 5. The zero-order chi connectivity index (χ0) is 38.0. The lowest BCUT2D eigenvalue weighted by Crippen LogP contribution is -2.45. The molecule has 2 atom stereocenters. The predicted octanol–water partition coefficient (Wildman–Crippen LogP) is 12.8. The standard InChI is InChI=1S/C46H87NO5/c1-3-5-7-9-11-13-14-15-16-17-18-19-24-28-32-36-40-46(51)52-41-37-33-29-25-21-20-23-27-31-35-39-45(50)47-43(42-48)44(49)38-34-30-26-22-12-10-8-6-4-2/h21,25,34,38,43-44,48-49H,3-20,22-24,26-33,35-37,39-42H2,1-2H3,(H,47,50)/b25-21-,38-34+. The molecule has 0 aliphatic heterocycles. The fourth-order valence-corrected chi connectivity index (χ4v) is 6.68. The molecule has 0 saturated heterocycles. The highest BCUT2D eigenvalue weighted by Crippen LogP contribution is 2.15. The Morgan fingerprint density at radius 3 is 1.37 bits per heavy atom. The minimum absolute atomic E-state index is 0.0364. The fraction of sp³-hybridized carbons (Fsp3) is 0.870. The largest absolute Gasteiger partial charge is 0.466 e. The van der Waals surface area contributed by atoms with E-state index in [1.54, 1.807) is 6.08 Å². The molecule has 0 aromatic heterocycles. The Morgan fingerprint density at radius 1 is 0.519 bits per heavy atom. The van der Waals surface area contributed by atoms with Gasteiger partial charge in [-0.1, -0.05) is 186 Å². The molecule has 6 heteroatoms. The van der Waals surface area contributed by atoms with Gasteiger partial charge in [-0.05, 0) is 57.8 Å². The number of carbonyl (C=O) groups excluding carboxylic acids is 2. The van der Waals surface area contributed by atoms with Gasteiger partial charge in [0.2, 0.25) is 5.91 Å². The number of allylic oxidation sites excluding steroid dienone is 3. The highest BCUT2D eigenvalue weighted by atomic mass is 16.5. The van der Waals surface area contributed by atoms with E-state index in [2.05, 4.69) is 31.3 Å². The van der Waals surface area contributed by atoms with Crippen LogP contribution in [0.3, 0.4) is 0 Å². The van der Waals surface area contributed by atoms with E-state index in [4.69, 9.17) is 4.74 Å². The van der Waals surface area contributed by atoms with Gasteiger partial charge >= 0.3 is 5.97 Å². The molecule has 0 rings (SSSR count). The van der Waals surface area contributed by atoms with Gasteiger partial charge in [0, 0.05) is 12.8 Å². The number of nitrogens with one attached hydrogen (secondary N) is 1. The van der Waals surface area contributed by atoms with Crippen LogP contribution in [-0.4, -0.2) is 47.4 Å². The van der Waals surface area contributed by atoms with Gasteiger partial charge in [-0.3, -0.25) is 9.59 Å². The Morgan fingerprint density at radius 2 is 0.904 bits per heavy atom. The van der Waals surface area contributed by atoms with E-state index in [9.17, 15) is 19.8 Å². The number of esters is 1. The van der Waals surface area contributed by atoms with Gasteiger partial charge in [-0.15, -0.1) is 0 Å². The van der Waals surface area contributed by atoms with Crippen LogP contribution in [0.1, 0.15) is 232 Å². The van der Waals surface area contributed by atoms with Crippen LogP contribution < -0.4 is 5.32 Å². The van der Waals surface area contributed by atoms with Gasteiger partial charge in [0.05, 0.1) is 25.4 Å². The van der Waals surface area contributed by atoms with Gasteiger partial charge in [-0.2, -0.15) is 0 Å². The van der Waals surface area contributed by atoms with Crippen LogP contribution in [0.4, 0.5) is 0 Å². The number of unbranched alkanes of at least 4 members (excludes halogenated alkanes) is 28. The quantitative estimate of drug-likeness (QED) is 0.0330. The summed E-state index contributed by atoms with van der Waals surface area (Å²) >= 11 is 0. The lowest BCUT2D eigenvalue weighted by molar-refractivity contribution is -0.143. The van der Waals surface area contributed by atoms with Crippen molar-refractivity contribution < 1.29 is 24.5 Å². The van der Waals surface area contributed by atoms with Crippen LogP contribution in [0.15, 0.2) is 24.3 Å². The first-order chi connectivity index (χ1) is 25.5. The lowest BCUT2D eigenvalue weighted by atomic mass is 10.0. The van der Waals surface area contributed by atoms with Crippen LogP contribution in [0, 0.1) is 0 Å². The monoisotopic (exact) mass is 734 g/mol. The Balaban J connectivity index is 3.52. The second-order valence-electron chi connectivity index (χ2n) is 15.4. The molecular formula is C46H87NO5. The van der Waals surface area contributed by atoms with E-state index >= 15 is 0 Å². The molecule has 52 heavy (non-hydrogen) atoms. The van der Waals surface area contributed by atoms with Crippen LogP contribution in [-0.2, 0) is 14.3 Å². The lowest BCUT2D eigenvalue weighted by Gasteiger charge is -2.20. The highest BCUT2D eigenvalue weighted by Gasteiger charge is 2.18. The second kappa shape index (κ2) is 42.1. The smallest absolute Gasteiger partial charge is 0.305 e. The number of rotatable bonds is 41. The average molecular weight is 734 g/mol. The Bertz CT molecular complexity index is 813. The Hall–Kier alpha value is -1.66. The Labute approximate surface area is 322 Å². The molecule has 0 spiro atoms. The van der Waals surface area contributed by atoms with Crippen LogP contribution in [0.25, 0.3) is 0 Å². The van der Waals surface area contributed by atoms with Crippen LogP contribution >= 0.6 is 0 Å². The molecule has 2 unspecified atom stereocenters. The van der Waals surface area contributed by atoms with Crippen molar-refractivity contribution in [1.82, 2.24) is 5.32 Å². The van der Waals surface area contributed by atoms with Gasteiger partial charge in [0.15, 0.2) is 0 Å². The first-order valence-electron chi connectivity index (χ1n) is 22.6. The molecule has 0 aromatic rings. The van der Waals surface area contributed by atoms with E-state index in [0.29, 0.717) is 19.4 Å². The Kier molecular flexibility index (Phi) is 40.7. The van der Waals surface area contributed by atoms with Crippen molar-refractivity contribution in [1.29, 1.82) is 0 Å². The number of hydrogen-bond donors (Lipinski definition) is 3. The highest BCUT2D eigenvalue weighted by molar-refractivity contribution is 5.76. The van der Waals surface area contributed by atoms with Gasteiger partial charge in [-0.25, -0.2) is 0 Å². The molecule has 0 radical (unpaired) electrons. The summed E-state index contributed by atoms with van der Waals surface area (Å²) in [4.78, 5) is 24.3. The maximum Gasteiger partial charge on any atom is 0.305 e. The minimum Gasteiger partial charge on any atom is -0.466 e. The van der Waals surface area contributed by atoms with Crippen molar-refractivity contribution in [3.8, 4) is 0 Å². The van der Waals surface area contributed by atoms with E-state index in [-0.39, 0.29) is 18.5 Å². The number of amides is 1. The van der Waals surface area contributed by atoms with Gasteiger partial charge in [0.1, 0.15) is 0 Å². The number of ether oxygens (including phenoxy) is 1. The summed E-state index contributed by atoms with van der Waals surface area (Å²) in [6.45, 7) is 4.77. The van der Waals surface area contributed by atoms with Crippen molar-refractivity contribution in [3.63, 3.8) is 0 Å². The normalized spacial score (nSPS) is 12.9. The van der Waals surface area contributed by atoms with E-state index in [0.717, 1.165) is 77.0 Å². The topological polar surface area (TPSA) is 95.9 Å². The molecule has 0 aliphatic rings. The molecule has 0 aromatic carbocycles. The number of aliphatic hydroxyl groups is 2. The minimum atomic E-state index is -0.862. The molecule has 0 fully saturated rings. The van der Waals surface area contributed by atoms with Crippen LogP contribution in [0.5, 0.6) is 0 Å². The molecule has 0 saturated carbocycles. The molecule has 0 aliphatic carbocycles. The van der Waals surface area contributed by atoms with E-state index < -0.39 is 12.1 Å². The summed E-state index contributed by atoms with van der Waals surface area (Å²) in [6, 6.07) is -0.650. The summed E-state index contributed by atoms with van der Waals surface area (Å²) in [5, 5.41) is 22.8. The molecule has 1 amide bonds. The van der Waals surface area contributed by atoms with E-state index in [1.165, 1.54) is 128 Å². The molecule has 0 bridgehead atoms. The zero-order valence-electron chi connectivity index (χ0n) is 34.5. The van der Waals surface area contributed by atoms with Crippen LogP contribution in [0.2, 0.25) is 0 Å². The molecule has 3 N–H and O–H groups in total. The number of carbonyl (C=O) groups is 2. The van der Waals surface area contributed by atoms with Crippen molar-refractivity contribution in [2.45, 2.75) is 244 Å². The van der Waals surface area contributed by atoms with E-state index in [1.807, 2.05) is 6.08 Å². The van der Waals surface area contributed by atoms with Crippen molar-refractivity contribution in [3.05, 3.63) is 24.3 Å². The fourth-order valence-electron chi connectivity index (χ4n) is 6.68. The summed E-state index contributed by atoms with van der Waals surface area (Å²) in [7, 11) is 0. The SMILES string of the molecule is CCCCCCCCC/C=C/C(O)C(CO)NC(=O)CCCCCC/C=C\CCCCOC(=O)CCCCCCCCCCCCCCCCCC. The van der Waals surface area contributed by atoms with Crippen molar-refractivity contribution in [2.24, 2.45) is 0 Å². The predicted molar refractivity (Wildman–Crippen MR) is 223 cm³/mol. The van der Waals surface area contributed by atoms with Gasteiger partial charge in [0.25, 0.3) is 0 Å². The maximum atomic E-state index is 12.3. The third-order valence-electron chi connectivity index (χ3n) is 10.2. The van der Waals surface area contributed by atoms with Crippen molar-refractivity contribution in [2.75, 3.05) is 13.2 Å². The third-order valence-corrected chi connectivity index (χ3v) is 10.2. The third kappa shape index (κ3) is 38.1. The van der Waals surface area contributed by atoms with Gasteiger partial charge < -0.3 is 20.3 Å². The average Bonchev–Trinajstić information content (AvgIpc) is 3.14. The molecular weight excluding hydrogens is 647 g/mol. The van der Waals surface area contributed by atoms with Crippen molar-refractivity contribution >= 4 is 11.9 Å². The summed E-state index contributed by atoms with van der Waals surface area (Å²) in [6.07, 6.45) is 47.5. The molecule has 6 nitrogen and oxygen atoms in total.